The molecule has 1 aromatic heterocycles. The lowest BCUT2D eigenvalue weighted by Crippen LogP contribution is -2.15. The Labute approximate surface area is 152 Å². The summed E-state index contributed by atoms with van der Waals surface area (Å²) >= 11 is 0. The summed E-state index contributed by atoms with van der Waals surface area (Å²) in [7, 11) is 0. The zero-order valence-electron chi connectivity index (χ0n) is 14.2. The van der Waals surface area contributed by atoms with Gasteiger partial charge < -0.3 is 15.0 Å². The van der Waals surface area contributed by atoms with Gasteiger partial charge in [0.1, 0.15) is 5.69 Å². The Morgan fingerprint density at radius 1 is 1.11 bits per heavy atom. The Morgan fingerprint density at radius 2 is 1.81 bits per heavy atom. The Kier molecular flexibility index (Phi) is 4.89. The number of anilines is 1. The van der Waals surface area contributed by atoms with E-state index >= 15 is 0 Å². The van der Waals surface area contributed by atoms with Gasteiger partial charge in [-0.3, -0.25) is 4.79 Å². The lowest BCUT2D eigenvalue weighted by Gasteiger charge is -2.08. The number of aromatic amines is 1. The number of ether oxygens (including phenoxy) is 1. The van der Waals surface area contributed by atoms with Gasteiger partial charge in [0.15, 0.2) is 0 Å². The summed E-state index contributed by atoms with van der Waals surface area (Å²) in [5.41, 5.74) is -0.501. The Balaban J connectivity index is 2.09. The van der Waals surface area contributed by atoms with E-state index in [1.807, 2.05) is 0 Å². The smallest absolute Gasteiger partial charge is 0.416 e. The third-order valence-electron chi connectivity index (χ3n) is 3.88. The van der Waals surface area contributed by atoms with Gasteiger partial charge in [-0.25, -0.2) is 4.79 Å². The molecule has 0 saturated heterocycles. The number of aromatic nitrogens is 1. The van der Waals surface area contributed by atoms with Gasteiger partial charge in [0.25, 0.3) is 5.91 Å². The summed E-state index contributed by atoms with van der Waals surface area (Å²) in [6, 6.07) is 11.2. The molecule has 0 atom stereocenters. The van der Waals surface area contributed by atoms with Gasteiger partial charge in [0.05, 0.1) is 17.9 Å². The highest BCUT2D eigenvalue weighted by Crippen LogP contribution is 2.35. The normalized spacial score (nSPS) is 11.4. The predicted molar refractivity (Wildman–Crippen MR) is 93.7 cm³/mol. The summed E-state index contributed by atoms with van der Waals surface area (Å²) in [6.07, 6.45) is -4.53. The van der Waals surface area contributed by atoms with E-state index in [-0.39, 0.29) is 28.9 Å². The lowest BCUT2D eigenvalue weighted by molar-refractivity contribution is -0.137. The van der Waals surface area contributed by atoms with Crippen molar-refractivity contribution in [3.8, 4) is 0 Å². The molecule has 27 heavy (non-hydrogen) atoms. The Hall–Kier alpha value is -3.29. The first-order valence-electron chi connectivity index (χ1n) is 8.07. The van der Waals surface area contributed by atoms with Crippen LogP contribution in [-0.2, 0) is 10.9 Å². The van der Waals surface area contributed by atoms with Crippen molar-refractivity contribution in [3.63, 3.8) is 0 Å². The number of halogens is 3. The van der Waals surface area contributed by atoms with Crippen molar-refractivity contribution in [2.24, 2.45) is 0 Å². The fourth-order valence-corrected chi connectivity index (χ4v) is 2.64. The van der Waals surface area contributed by atoms with Crippen LogP contribution in [0.1, 0.15) is 33.3 Å². The van der Waals surface area contributed by atoms with E-state index in [0.717, 1.165) is 12.1 Å². The molecule has 0 aliphatic carbocycles. The number of H-pyrrole nitrogens is 1. The number of nitrogens with one attached hydrogen (secondary N) is 2. The van der Waals surface area contributed by atoms with Crippen molar-refractivity contribution in [3.05, 3.63) is 65.4 Å². The van der Waals surface area contributed by atoms with Gasteiger partial charge in [-0.1, -0.05) is 24.3 Å². The molecule has 0 radical (unpaired) electrons. The summed E-state index contributed by atoms with van der Waals surface area (Å²) < 4.78 is 43.8. The molecular formula is C19H15F3N2O3. The van der Waals surface area contributed by atoms with E-state index in [0.29, 0.717) is 5.56 Å². The average molecular weight is 376 g/mol. The van der Waals surface area contributed by atoms with Crippen LogP contribution < -0.4 is 5.32 Å². The molecule has 0 aliphatic rings. The molecule has 2 N–H and O–H groups in total. The van der Waals surface area contributed by atoms with Crippen molar-refractivity contribution in [2.75, 3.05) is 11.9 Å². The van der Waals surface area contributed by atoms with Crippen LogP contribution in [0.5, 0.6) is 0 Å². The maximum atomic E-state index is 13.0. The maximum Gasteiger partial charge on any atom is 0.416 e. The highest BCUT2D eigenvalue weighted by atomic mass is 19.4. The number of amides is 1. The fraction of sp³-hybridized carbons (Fsp3) is 0.158. The van der Waals surface area contributed by atoms with E-state index in [9.17, 15) is 22.8 Å². The summed E-state index contributed by atoms with van der Waals surface area (Å²) in [4.78, 5) is 27.3. The first-order valence-corrected chi connectivity index (χ1v) is 8.07. The van der Waals surface area contributed by atoms with Crippen LogP contribution in [0.15, 0.2) is 48.5 Å². The minimum atomic E-state index is -4.53. The molecule has 0 fully saturated rings. The number of benzene rings is 2. The molecule has 1 heterocycles. The number of fused-ring (bicyclic) bond motifs is 1. The number of alkyl halides is 3. The van der Waals surface area contributed by atoms with Crippen LogP contribution in [-0.4, -0.2) is 23.5 Å². The van der Waals surface area contributed by atoms with Crippen molar-refractivity contribution in [1.82, 2.24) is 4.98 Å². The zero-order valence-corrected chi connectivity index (χ0v) is 14.2. The molecule has 0 bridgehead atoms. The van der Waals surface area contributed by atoms with Gasteiger partial charge in [-0.15, -0.1) is 0 Å². The molecule has 1 amide bonds. The molecule has 3 rings (SSSR count). The second-order valence-corrected chi connectivity index (χ2v) is 5.67. The largest absolute Gasteiger partial charge is 0.461 e. The van der Waals surface area contributed by atoms with Crippen molar-refractivity contribution in [1.29, 1.82) is 0 Å². The van der Waals surface area contributed by atoms with Gasteiger partial charge in [-0.2, -0.15) is 13.2 Å². The number of hydrogen-bond donors (Lipinski definition) is 2. The second kappa shape index (κ2) is 7.14. The summed E-state index contributed by atoms with van der Waals surface area (Å²) in [5, 5.41) is 2.87. The second-order valence-electron chi connectivity index (χ2n) is 5.67. The van der Waals surface area contributed by atoms with Crippen LogP contribution >= 0.6 is 0 Å². The Bertz CT molecular complexity index is 995. The summed E-state index contributed by atoms with van der Waals surface area (Å²) in [5.74, 6) is -1.27. The predicted octanol–water partition coefficient (Wildman–Crippen LogP) is 4.62. The molecule has 2 aromatic carbocycles. The van der Waals surface area contributed by atoms with Gasteiger partial charge in [0, 0.05) is 16.5 Å². The molecule has 5 nitrogen and oxygen atoms in total. The van der Waals surface area contributed by atoms with Crippen LogP contribution in [0.25, 0.3) is 10.9 Å². The molecule has 0 aliphatic heterocycles. The fourth-order valence-electron chi connectivity index (χ4n) is 2.64. The topological polar surface area (TPSA) is 71.2 Å². The van der Waals surface area contributed by atoms with E-state index < -0.39 is 23.6 Å². The summed E-state index contributed by atoms with van der Waals surface area (Å²) in [6.45, 7) is 1.68. The molecular weight excluding hydrogens is 361 g/mol. The van der Waals surface area contributed by atoms with Gasteiger partial charge >= 0.3 is 12.1 Å². The highest BCUT2D eigenvalue weighted by Gasteiger charge is 2.31. The van der Waals surface area contributed by atoms with Crippen LogP contribution in [0, 0.1) is 0 Å². The minimum Gasteiger partial charge on any atom is -0.461 e. The van der Waals surface area contributed by atoms with E-state index in [4.69, 9.17) is 4.74 Å². The number of hydrogen-bond acceptors (Lipinski definition) is 3. The van der Waals surface area contributed by atoms with Gasteiger partial charge in [-0.05, 0) is 31.2 Å². The highest BCUT2D eigenvalue weighted by molar-refractivity contribution is 6.14. The quantitative estimate of drug-likeness (QED) is 0.653. The van der Waals surface area contributed by atoms with Crippen LogP contribution in [0.4, 0.5) is 18.9 Å². The van der Waals surface area contributed by atoms with E-state index in [1.165, 1.54) is 6.07 Å². The molecule has 0 unspecified atom stereocenters. The van der Waals surface area contributed by atoms with E-state index in [2.05, 4.69) is 10.3 Å². The standard InChI is InChI=1S/C19H15F3N2O3/c1-2-27-18(26)16-15(24-17(25)11-6-4-3-5-7-11)13-9-8-12(19(20,21)22)10-14(13)23-16/h3-10,23H,2H2,1H3,(H,24,25). The third-order valence-corrected chi connectivity index (χ3v) is 3.88. The van der Waals surface area contributed by atoms with Gasteiger partial charge in [0.2, 0.25) is 0 Å². The first-order chi connectivity index (χ1) is 12.8. The minimum absolute atomic E-state index is 0.0660. The number of esters is 1. The SMILES string of the molecule is CCOC(=O)c1[nH]c2cc(C(F)(F)F)ccc2c1NC(=O)c1ccccc1. The van der Waals surface area contributed by atoms with E-state index in [1.54, 1.807) is 37.3 Å². The molecule has 8 heteroatoms. The first kappa shape index (κ1) is 18.5. The van der Waals surface area contributed by atoms with Crippen molar-refractivity contribution >= 4 is 28.5 Å². The van der Waals surface area contributed by atoms with Crippen LogP contribution in [0.2, 0.25) is 0 Å². The zero-order chi connectivity index (χ0) is 19.6. The van der Waals surface area contributed by atoms with Crippen molar-refractivity contribution < 1.29 is 27.5 Å². The van der Waals surface area contributed by atoms with Crippen molar-refractivity contribution in [2.45, 2.75) is 13.1 Å². The number of rotatable bonds is 4. The number of carbonyl (C=O) groups is 2. The average Bonchev–Trinajstić information content (AvgIpc) is 3.00. The van der Waals surface area contributed by atoms with Crippen LogP contribution in [0.3, 0.4) is 0 Å². The molecule has 3 aromatic rings. The maximum absolute atomic E-state index is 13.0. The monoisotopic (exact) mass is 376 g/mol. The lowest BCUT2D eigenvalue weighted by atomic mass is 10.1. The Morgan fingerprint density at radius 3 is 2.44 bits per heavy atom. The molecule has 140 valence electrons. The molecule has 0 saturated carbocycles. The number of carbonyl (C=O) groups excluding carboxylic acids is 2. The molecule has 0 spiro atoms. The third kappa shape index (κ3) is 3.79.